The van der Waals surface area contributed by atoms with Crippen LogP contribution >= 0.6 is 27.5 Å². The van der Waals surface area contributed by atoms with Crippen molar-refractivity contribution in [2.75, 3.05) is 19.0 Å². The van der Waals surface area contributed by atoms with E-state index in [2.05, 4.69) is 30.9 Å². The Bertz CT molecular complexity index is 564. The van der Waals surface area contributed by atoms with Gasteiger partial charge in [-0.1, -0.05) is 22.0 Å². The first-order valence-electron chi connectivity index (χ1n) is 5.07. The molecular weight excluding hydrogens is 320 g/mol. The molecule has 0 spiro atoms. The molecule has 0 saturated carbocycles. The van der Waals surface area contributed by atoms with Crippen LogP contribution < -0.4 is 9.64 Å². The summed E-state index contributed by atoms with van der Waals surface area (Å²) in [6.45, 7) is 0. The Kier molecular flexibility index (Phi) is 3.98. The highest BCUT2D eigenvalue weighted by Crippen LogP contribution is 2.23. The molecular formula is C11H10BrClN4O. The van der Waals surface area contributed by atoms with Gasteiger partial charge in [-0.05, 0) is 29.8 Å². The number of rotatable bonds is 3. The molecule has 0 aliphatic carbocycles. The number of hydrogen-bond donors (Lipinski definition) is 0. The lowest BCUT2D eigenvalue weighted by atomic mass is 10.3. The maximum absolute atomic E-state index is 5.81. The monoisotopic (exact) mass is 328 g/mol. The van der Waals surface area contributed by atoms with Gasteiger partial charge in [-0.3, -0.25) is 0 Å². The van der Waals surface area contributed by atoms with E-state index in [1.54, 1.807) is 11.0 Å². The third-order valence-electron chi connectivity index (χ3n) is 1.98. The molecule has 5 nitrogen and oxygen atoms in total. The second-order valence-electron chi connectivity index (χ2n) is 3.64. The zero-order valence-electron chi connectivity index (χ0n) is 9.76. The van der Waals surface area contributed by atoms with Gasteiger partial charge in [0.1, 0.15) is 5.75 Å². The lowest BCUT2D eigenvalue weighted by molar-refractivity contribution is 0.439. The van der Waals surface area contributed by atoms with Crippen LogP contribution in [-0.4, -0.2) is 29.0 Å². The van der Waals surface area contributed by atoms with Crippen molar-refractivity contribution >= 4 is 33.5 Å². The summed E-state index contributed by atoms with van der Waals surface area (Å²) in [5.41, 5.74) is 0. The first-order valence-corrected chi connectivity index (χ1v) is 6.24. The molecule has 1 aromatic heterocycles. The fourth-order valence-corrected chi connectivity index (χ4v) is 1.73. The van der Waals surface area contributed by atoms with Crippen LogP contribution in [0.1, 0.15) is 0 Å². The number of hydrogen-bond acceptors (Lipinski definition) is 5. The van der Waals surface area contributed by atoms with Crippen LogP contribution in [0.5, 0.6) is 11.8 Å². The number of anilines is 1. The van der Waals surface area contributed by atoms with E-state index in [0.29, 0.717) is 11.7 Å². The molecule has 0 N–H and O–H groups in total. The van der Waals surface area contributed by atoms with E-state index in [0.717, 1.165) is 4.47 Å². The molecule has 0 aliphatic heterocycles. The Morgan fingerprint density at radius 1 is 1.22 bits per heavy atom. The van der Waals surface area contributed by atoms with Gasteiger partial charge in [0.2, 0.25) is 11.2 Å². The van der Waals surface area contributed by atoms with Crippen molar-refractivity contribution in [3.63, 3.8) is 0 Å². The topological polar surface area (TPSA) is 51.1 Å². The zero-order valence-corrected chi connectivity index (χ0v) is 12.1. The molecule has 18 heavy (non-hydrogen) atoms. The molecule has 0 radical (unpaired) electrons. The molecule has 0 bridgehead atoms. The maximum atomic E-state index is 5.81. The third kappa shape index (κ3) is 3.30. The molecule has 0 aliphatic rings. The van der Waals surface area contributed by atoms with Gasteiger partial charge in [0.05, 0.1) is 0 Å². The first kappa shape index (κ1) is 13.0. The van der Waals surface area contributed by atoms with Crippen molar-refractivity contribution in [2.45, 2.75) is 0 Å². The highest BCUT2D eigenvalue weighted by molar-refractivity contribution is 9.10. The smallest absolute Gasteiger partial charge is 0.328 e. The van der Waals surface area contributed by atoms with Gasteiger partial charge in [0.25, 0.3) is 0 Å². The van der Waals surface area contributed by atoms with E-state index in [4.69, 9.17) is 16.3 Å². The summed E-state index contributed by atoms with van der Waals surface area (Å²) in [5.74, 6) is 1.07. The highest BCUT2D eigenvalue weighted by Gasteiger charge is 2.08. The minimum Gasteiger partial charge on any atom is -0.424 e. The summed E-state index contributed by atoms with van der Waals surface area (Å²) >= 11 is 9.17. The van der Waals surface area contributed by atoms with Crippen molar-refractivity contribution < 1.29 is 4.74 Å². The van der Waals surface area contributed by atoms with E-state index in [1.807, 2.05) is 32.3 Å². The van der Waals surface area contributed by atoms with Crippen LogP contribution in [0, 0.1) is 0 Å². The summed E-state index contributed by atoms with van der Waals surface area (Å²) in [6, 6.07) is 7.54. The van der Waals surface area contributed by atoms with Crippen LogP contribution in [-0.2, 0) is 0 Å². The summed E-state index contributed by atoms with van der Waals surface area (Å²) in [4.78, 5) is 13.8. The Morgan fingerprint density at radius 2 is 2.00 bits per heavy atom. The molecule has 0 unspecified atom stereocenters. The molecule has 7 heteroatoms. The third-order valence-corrected chi connectivity index (χ3v) is 2.64. The number of halogens is 2. The lowest BCUT2D eigenvalue weighted by Gasteiger charge is -2.11. The number of ether oxygens (including phenoxy) is 1. The summed E-state index contributed by atoms with van der Waals surface area (Å²) in [5, 5.41) is 0.0960. The van der Waals surface area contributed by atoms with Gasteiger partial charge >= 0.3 is 6.01 Å². The Balaban J connectivity index is 2.29. The van der Waals surface area contributed by atoms with Crippen molar-refractivity contribution in [1.82, 2.24) is 15.0 Å². The fourth-order valence-electron chi connectivity index (χ4n) is 1.20. The number of nitrogens with zero attached hydrogens (tertiary/aromatic N) is 4. The Hall–Kier alpha value is -1.40. The van der Waals surface area contributed by atoms with Crippen LogP contribution in [0.2, 0.25) is 5.28 Å². The standard InChI is InChI=1S/C11H10BrClN4O/c1-17(2)10-14-9(13)15-11(16-10)18-8-5-3-4-7(12)6-8/h3-6H,1-2H3. The van der Waals surface area contributed by atoms with Crippen molar-refractivity contribution in [1.29, 1.82) is 0 Å². The molecule has 0 fully saturated rings. The lowest BCUT2D eigenvalue weighted by Crippen LogP contribution is -2.13. The van der Waals surface area contributed by atoms with Gasteiger partial charge in [0, 0.05) is 18.6 Å². The van der Waals surface area contributed by atoms with E-state index in [9.17, 15) is 0 Å². The minimum absolute atomic E-state index is 0.0960. The van der Waals surface area contributed by atoms with Gasteiger partial charge in [-0.25, -0.2) is 0 Å². The minimum atomic E-state index is 0.0960. The SMILES string of the molecule is CN(C)c1nc(Cl)nc(Oc2cccc(Br)c2)n1. The Morgan fingerprint density at radius 3 is 2.67 bits per heavy atom. The van der Waals surface area contributed by atoms with Crippen LogP contribution in [0.15, 0.2) is 28.7 Å². The summed E-state index contributed by atoms with van der Waals surface area (Å²) in [6.07, 6.45) is 0. The molecule has 2 aromatic rings. The number of benzene rings is 1. The normalized spacial score (nSPS) is 10.2. The van der Waals surface area contributed by atoms with E-state index in [-0.39, 0.29) is 11.3 Å². The summed E-state index contributed by atoms with van der Waals surface area (Å²) in [7, 11) is 3.63. The first-order chi connectivity index (χ1) is 8.54. The van der Waals surface area contributed by atoms with Crippen LogP contribution in [0.4, 0.5) is 5.95 Å². The predicted octanol–water partition coefficient (Wildman–Crippen LogP) is 3.15. The van der Waals surface area contributed by atoms with E-state index < -0.39 is 0 Å². The van der Waals surface area contributed by atoms with Crippen LogP contribution in [0.25, 0.3) is 0 Å². The zero-order chi connectivity index (χ0) is 13.1. The quantitative estimate of drug-likeness (QED) is 0.866. The second kappa shape index (κ2) is 5.49. The van der Waals surface area contributed by atoms with Crippen molar-refractivity contribution in [2.24, 2.45) is 0 Å². The van der Waals surface area contributed by atoms with Gasteiger partial charge in [0.15, 0.2) is 0 Å². The van der Waals surface area contributed by atoms with E-state index in [1.165, 1.54) is 0 Å². The van der Waals surface area contributed by atoms with Gasteiger partial charge in [-0.15, -0.1) is 0 Å². The van der Waals surface area contributed by atoms with Crippen LogP contribution in [0.3, 0.4) is 0 Å². The number of aromatic nitrogens is 3. The average molecular weight is 330 g/mol. The van der Waals surface area contributed by atoms with Crippen molar-refractivity contribution in [3.8, 4) is 11.8 Å². The largest absolute Gasteiger partial charge is 0.424 e. The highest BCUT2D eigenvalue weighted by atomic mass is 79.9. The molecule has 94 valence electrons. The predicted molar refractivity (Wildman–Crippen MR) is 73.4 cm³/mol. The van der Waals surface area contributed by atoms with Gasteiger partial charge in [-0.2, -0.15) is 15.0 Å². The molecule has 1 heterocycles. The molecule has 1 aromatic carbocycles. The van der Waals surface area contributed by atoms with E-state index >= 15 is 0 Å². The fraction of sp³-hybridized carbons (Fsp3) is 0.182. The molecule has 2 rings (SSSR count). The molecule has 0 saturated heterocycles. The molecule has 0 amide bonds. The summed E-state index contributed by atoms with van der Waals surface area (Å²) < 4.78 is 6.44. The molecule has 0 atom stereocenters. The Labute approximate surface area is 118 Å². The maximum Gasteiger partial charge on any atom is 0.328 e. The van der Waals surface area contributed by atoms with Crippen molar-refractivity contribution in [3.05, 3.63) is 34.0 Å². The second-order valence-corrected chi connectivity index (χ2v) is 4.89. The average Bonchev–Trinajstić information content (AvgIpc) is 2.28. The van der Waals surface area contributed by atoms with Gasteiger partial charge < -0.3 is 9.64 Å².